The Morgan fingerprint density at radius 3 is 2.56 bits per heavy atom. The van der Waals surface area contributed by atoms with Gasteiger partial charge in [-0.2, -0.15) is 0 Å². The summed E-state index contributed by atoms with van der Waals surface area (Å²) in [6.07, 6.45) is 2.43. The quantitative estimate of drug-likeness (QED) is 0.804. The average Bonchev–Trinajstić information content (AvgIpc) is 2.29. The van der Waals surface area contributed by atoms with Gasteiger partial charge in [-0.25, -0.2) is 4.98 Å². The second-order valence-electron chi connectivity index (χ2n) is 5.14. The SMILES string of the molecule is CCCC(C)Oc1cc(CNC)cc(C(C)C)n1. The first-order valence-electron chi connectivity index (χ1n) is 6.88. The Morgan fingerprint density at radius 1 is 1.28 bits per heavy atom. The lowest BCUT2D eigenvalue weighted by atomic mass is 10.1. The molecule has 0 aliphatic rings. The third kappa shape index (κ3) is 4.65. The first-order chi connectivity index (χ1) is 8.56. The summed E-state index contributed by atoms with van der Waals surface area (Å²) in [5.41, 5.74) is 2.33. The van der Waals surface area contributed by atoms with Crippen LogP contribution >= 0.6 is 0 Å². The maximum Gasteiger partial charge on any atom is 0.214 e. The topological polar surface area (TPSA) is 34.1 Å². The molecule has 1 aromatic heterocycles. The molecule has 1 heterocycles. The summed E-state index contributed by atoms with van der Waals surface area (Å²) in [5.74, 6) is 1.18. The van der Waals surface area contributed by atoms with Crippen molar-refractivity contribution in [3.8, 4) is 5.88 Å². The number of pyridine rings is 1. The van der Waals surface area contributed by atoms with E-state index in [0.29, 0.717) is 5.92 Å². The van der Waals surface area contributed by atoms with Crippen LogP contribution in [0.2, 0.25) is 0 Å². The van der Waals surface area contributed by atoms with Crippen molar-refractivity contribution in [3.63, 3.8) is 0 Å². The Morgan fingerprint density at radius 2 is 2.00 bits per heavy atom. The van der Waals surface area contributed by atoms with Crippen molar-refractivity contribution >= 4 is 0 Å². The van der Waals surface area contributed by atoms with E-state index in [0.717, 1.165) is 31.0 Å². The van der Waals surface area contributed by atoms with Crippen LogP contribution in [-0.2, 0) is 6.54 Å². The van der Waals surface area contributed by atoms with E-state index >= 15 is 0 Å². The smallest absolute Gasteiger partial charge is 0.214 e. The van der Waals surface area contributed by atoms with Gasteiger partial charge in [-0.15, -0.1) is 0 Å². The van der Waals surface area contributed by atoms with E-state index in [2.05, 4.69) is 44.1 Å². The number of nitrogens with one attached hydrogen (secondary N) is 1. The van der Waals surface area contributed by atoms with Gasteiger partial charge >= 0.3 is 0 Å². The molecule has 0 amide bonds. The zero-order chi connectivity index (χ0) is 13.5. The Hall–Kier alpha value is -1.09. The highest BCUT2D eigenvalue weighted by atomic mass is 16.5. The maximum absolute atomic E-state index is 5.89. The molecule has 3 heteroatoms. The van der Waals surface area contributed by atoms with Crippen molar-refractivity contribution in [1.82, 2.24) is 10.3 Å². The van der Waals surface area contributed by atoms with Gasteiger partial charge in [0, 0.05) is 18.3 Å². The molecule has 1 rings (SSSR count). The molecule has 18 heavy (non-hydrogen) atoms. The third-order valence-corrected chi connectivity index (χ3v) is 2.87. The minimum absolute atomic E-state index is 0.229. The van der Waals surface area contributed by atoms with Gasteiger partial charge in [0.2, 0.25) is 5.88 Å². The molecular weight excluding hydrogens is 224 g/mol. The second-order valence-corrected chi connectivity index (χ2v) is 5.14. The van der Waals surface area contributed by atoms with Crippen molar-refractivity contribution in [2.75, 3.05) is 7.05 Å². The Labute approximate surface area is 111 Å². The largest absolute Gasteiger partial charge is 0.475 e. The molecule has 0 aliphatic heterocycles. The fraction of sp³-hybridized carbons (Fsp3) is 0.667. The van der Waals surface area contributed by atoms with Crippen LogP contribution in [0.1, 0.15) is 57.7 Å². The van der Waals surface area contributed by atoms with Crippen molar-refractivity contribution in [1.29, 1.82) is 0 Å². The summed E-state index contributed by atoms with van der Waals surface area (Å²) >= 11 is 0. The minimum Gasteiger partial charge on any atom is -0.475 e. The van der Waals surface area contributed by atoms with E-state index in [4.69, 9.17) is 4.74 Å². The number of hydrogen-bond acceptors (Lipinski definition) is 3. The van der Waals surface area contributed by atoms with E-state index < -0.39 is 0 Å². The number of rotatable bonds is 7. The van der Waals surface area contributed by atoms with E-state index in [1.165, 1.54) is 5.56 Å². The van der Waals surface area contributed by atoms with Crippen molar-refractivity contribution in [2.45, 2.75) is 59.1 Å². The Kier molecular flexibility index (Phi) is 6.13. The van der Waals surface area contributed by atoms with Gasteiger partial charge in [-0.1, -0.05) is 27.2 Å². The lowest BCUT2D eigenvalue weighted by Crippen LogP contribution is -2.14. The summed E-state index contributed by atoms with van der Waals surface area (Å²) in [7, 11) is 1.95. The fourth-order valence-corrected chi connectivity index (χ4v) is 1.92. The predicted octanol–water partition coefficient (Wildman–Crippen LogP) is 3.49. The molecule has 0 saturated heterocycles. The van der Waals surface area contributed by atoms with Crippen molar-refractivity contribution < 1.29 is 4.74 Å². The molecule has 3 nitrogen and oxygen atoms in total. The highest BCUT2D eigenvalue weighted by Crippen LogP contribution is 2.20. The van der Waals surface area contributed by atoms with Crippen LogP contribution in [0, 0.1) is 0 Å². The fourth-order valence-electron chi connectivity index (χ4n) is 1.92. The molecule has 1 N–H and O–H groups in total. The molecule has 0 aromatic carbocycles. The van der Waals surface area contributed by atoms with Gasteiger partial charge in [0.05, 0.1) is 6.10 Å². The highest BCUT2D eigenvalue weighted by Gasteiger charge is 2.09. The minimum atomic E-state index is 0.229. The molecule has 1 unspecified atom stereocenters. The van der Waals surface area contributed by atoms with Crippen LogP contribution < -0.4 is 10.1 Å². The number of aromatic nitrogens is 1. The summed E-state index contributed by atoms with van der Waals surface area (Å²) in [4.78, 5) is 4.59. The Bertz CT molecular complexity index is 364. The van der Waals surface area contributed by atoms with Gasteiger partial charge in [0.1, 0.15) is 0 Å². The molecule has 0 fully saturated rings. The molecule has 0 spiro atoms. The zero-order valence-corrected chi connectivity index (χ0v) is 12.3. The van der Waals surface area contributed by atoms with Gasteiger partial charge in [0.15, 0.2) is 0 Å². The molecular formula is C15H26N2O. The maximum atomic E-state index is 5.89. The molecule has 0 radical (unpaired) electrons. The molecule has 0 saturated carbocycles. The predicted molar refractivity (Wildman–Crippen MR) is 76.1 cm³/mol. The average molecular weight is 250 g/mol. The molecule has 102 valence electrons. The number of ether oxygens (including phenoxy) is 1. The number of hydrogen-bond donors (Lipinski definition) is 1. The van der Waals surface area contributed by atoms with Crippen LogP contribution in [0.3, 0.4) is 0 Å². The third-order valence-electron chi connectivity index (χ3n) is 2.87. The second kappa shape index (κ2) is 7.37. The molecule has 1 aromatic rings. The van der Waals surface area contributed by atoms with Crippen LogP contribution in [0.4, 0.5) is 0 Å². The van der Waals surface area contributed by atoms with Gasteiger partial charge in [-0.05, 0) is 37.9 Å². The molecule has 0 bridgehead atoms. The summed E-state index contributed by atoms with van der Waals surface area (Å²) < 4.78 is 5.89. The van der Waals surface area contributed by atoms with Crippen molar-refractivity contribution in [2.24, 2.45) is 0 Å². The van der Waals surface area contributed by atoms with Crippen LogP contribution in [-0.4, -0.2) is 18.1 Å². The van der Waals surface area contributed by atoms with E-state index in [1.54, 1.807) is 0 Å². The first-order valence-corrected chi connectivity index (χ1v) is 6.88. The summed E-state index contributed by atoms with van der Waals surface area (Å²) in [6, 6.07) is 4.19. The number of nitrogens with zero attached hydrogens (tertiary/aromatic N) is 1. The summed E-state index contributed by atoms with van der Waals surface area (Å²) in [5, 5.41) is 3.17. The normalized spacial score (nSPS) is 12.8. The van der Waals surface area contributed by atoms with Crippen LogP contribution in [0.5, 0.6) is 5.88 Å². The van der Waals surface area contributed by atoms with Gasteiger partial charge in [-0.3, -0.25) is 0 Å². The monoisotopic (exact) mass is 250 g/mol. The Balaban J connectivity index is 2.88. The van der Waals surface area contributed by atoms with E-state index in [9.17, 15) is 0 Å². The lowest BCUT2D eigenvalue weighted by Gasteiger charge is -2.16. The molecule has 0 aliphatic carbocycles. The van der Waals surface area contributed by atoms with Crippen LogP contribution in [0.15, 0.2) is 12.1 Å². The van der Waals surface area contributed by atoms with Gasteiger partial charge in [0.25, 0.3) is 0 Å². The van der Waals surface area contributed by atoms with Gasteiger partial charge < -0.3 is 10.1 Å². The highest BCUT2D eigenvalue weighted by molar-refractivity contribution is 5.26. The standard InChI is InChI=1S/C15H26N2O/c1-6-7-12(4)18-15-9-13(10-16-5)8-14(17-15)11(2)3/h8-9,11-12,16H,6-7,10H2,1-5H3. The zero-order valence-electron chi connectivity index (χ0n) is 12.3. The van der Waals surface area contributed by atoms with Crippen LogP contribution in [0.25, 0.3) is 0 Å². The van der Waals surface area contributed by atoms with Crippen molar-refractivity contribution in [3.05, 3.63) is 23.4 Å². The van der Waals surface area contributed by atoms with E-state index in [-0.39, 0.29) is 6.10 Å². The first kappa shape index (κ1) is 15.0. The summed E-state index contributed by atoms with van der Waals surface area (Å²) in [6.45, 7) is 9.44. The lowest BCUT2D eigenvalue weighted by molar-refractivity contribution is 0.200. The molecule has 1 atom stereocenters. The van der Waals surface area contributed by atoms with E-state index in [1.807, 2.05) is 13.1 Å².